The van der Waals surface area contributed by atoms with Gasteiger partial charge in [0.15, 0.2) is 0 Å². The largest absolute Gasteiger partial charge is 0.398 e. The van der Waals surface area contributed by atoms with E-state index in [1.54, 1.807) is 6.07 Å². The van der Waals surface area contributed by atoms with E-state index in [0.29, 0.717) is 11.3 Å². The summed E-state index contributed by atoms with van der Waals surface area (Å²) in [6.45, 7) is 3.39. The highest BCUT2D eigenvalue weighted by Crippen LogP contribution is 2.23. The fourth-order valence-electron chi connectivity index (χ4n) is 2.56. The quantitative estimate of drug-likeness (QED) is 0.819. The van der Waals surface area contributed by atoms with Crippen molar-refractivity contribution in [1.29, 1.82) is 5.26 Å². The van der Waals surface area contributed by atoms with Crippen molar-refractivity contribution in [1.82, 2.24) is 4.90 Å². The molecule has 1 aromatic rings. The summed E-state index contributed by atoms with van der Waals surface area (Å²) in [5, 5.41) is 8.86. The van der Waals surface area contributed by atoms with Crippen LogP contribution in [-0.4, -0.2) is 38.6 Å². The summed E-state index contributed by atoms with van der Waals surface area (Å²) in [5.41, 5.74) is 8.04. The number of benzene rings is 1. The average molecular weight is 244 g/mol. The number of nitrogens with zero attached hydrogens (tertiary/aromatic N) is 3. The van der Waals surface area contributed by atoms with E-state index in [2.05, 4.69) is 30.0 Å². The van der Waals surface area contributed by atoms with Crippen molar-refractivity contribution in [2.24, 2.45) is 5.92 Å². The molecule has 18 heavy (non-hydrogen) atoms. The third kappa shape index (κ3) is 2.74. The molecule has 1 heterocycles. The summed E-state index contributed by atoms with van der Waals surface area (Å²) in [4.78, 5) is 4.59. The minimum Gasteiger partial charge on any atom is -0.398 e. The molecule has 2 rings (SSSR count). The second kappa shape index (κ2) is 5.28. The first kappa shape index (κ1) is 12.7. The van der Waals surface area contributed by atoms with Crippen LogP contribution in [0.5, 0.6) is 0 Å². The van der Waals surface area contributed by atoms with E-state index < -0.39 is 0 Å². The van der Waals surface area contributed by atoms with Crippen LogP contribution in [0, 0.1) is 17.2 Å². The molecular formula is C14H20N4. The maximum absolute atomic E-state index is 8.86. The van der Waals surface area contributed by atoms with Gasteiger partial charge in [0.1, 0.15) is 6.07 Å². The number of likely N-dealkylation sites (tertiary alicyclic amines) is 1. The van der Waals surface area contributed by atoms with E-state index in [4.69, 9.17) is 11.0 Å². The lowest BCUT2D eigenvalue weighted by molar-refractivity contribution is 0.396. The van der Waals surface area contributed by atoms with Crippen molar-refractivity contribution >= 4 is 11.4 Å². The highest BCUT2D eigenvalue weighted by Gasteiger charge is 2.20. The van der Waals surface area contributed by atoms with Gasteiger partial charge in [-0.2, -0.15) is 5.26 Å². The normalized spacial score (nSPS) is 19.7. The number of anilines is 2. The Morgan fingerprint density at radius 3 is 2.89 bits per heavy atom. The number of nitrogens with two attached hydrogens (primary N) is 1. The number of hydrogen-bond acceptors (Lipinski definition) is 4. The van der Waals surface area contributed by atoms with Crippen LogP contribution in [0.15, 0.2) is 18.2 Å². The zero-order valence-corrected chi connectivity index (χ0v) is 11.1. The summed E-state index contributed by atoms with van der Waals surface area (Å²) < 4.78 is 0. The number of nitrogen functional groups attached to an aromatic ring is 1. The number of hydrogen-bond donors (Lipinski definition) is 1. The molecular weight excluding hydrogens is 224 g/mol. The molecule has 0 saturated carbocycles. The number of nitriles is 1. The third-order valence-corrected chi connectivity index (χ3v) is 3.62. The van der Waals surface area contributed by atoms with Crippen LogP contribution in [0.1, 0.15) is 12.0 Å². The maximum Gasteiger partial charge on any atom is 0.101 e. The molecule has 1 unspecified atom stereocenters. The monoisotopic (exact) mass is 244 g/mol. The average Bonchev–Trinajstić information content (AvgIpc) is 2.74. The van der Waals surface area contributed by atoms with Crippen LogP contribution >= 0.6 is 0 Å². The smallest absolute Gasteiger partial charge is 0.101 e. The van der Waals surface area contributed by atoms with Gasteiger partial charge in [0, 0.05) is 25.8 Å². The van der Waals surface area contributed by atoms with Gasteiger partial charge < -0.3 is 15.5 Å². The van der Waals surface area contributed by atoms with Gasteiger partial charge in [0.05, 0.1) is 11.3 Å². The van der Waals surface area contributed by atoms with Crippen LogP contribution in [-0.2, 0) is 0 Å². The molecule has 0 spiro atoms. The zero-order chi connectivity index (χ0) is 13.1. The highest BCUT2D eigenvalue weighted by molar-refractivity contribution is 5.63. The number of rotatable bonds is 3. The van der Waals surface area contributed by atoms with Crippen LogP contribution in [0.2, 0.25) is 0 Å². The van der Waals surface area contributed by atoms with E-state index >= 15 is 0 Å². The van der Waals surface area contributed by atoms with Crippen molar-refractivity contribution < 1.29 is 0 Å². The maximum atomic E-state index is 8.86. The highest BCUT2D eigenvalue weighted by atomic mass is 15.1. The van der Waals surface area contributed by atoms with Crippen molar-refractivity contribution in [2.75, 3.05) is 44.4 Å². The fraction of sp³-hybridized carbons (Fsp3) is 0.500. The molecule has 1 aromatic carbocycles. The predicted molar refractivity (Wildman–Crippen MR) is 74.4 cm³/mol. The molecule has 0 aromatic heterocycles. The van der Waals surface area contributed by atoms with Gasteiger partial charge in [-0.1, -0.05) is 0 Å². The first-order valence-electron chi connectivity index (χ1n) is 6.29. The molecule has 96 valence electrons. The molecule has 0 radical (unpaired) electrons. The van der Waals surface area contributed by atoms with Crippen LogP contribution < -0.4 is 10.6 Å². The van der Waals surface area contributed by atoms with E-state index in [-0.39, 0.29) is 0 Å². The minimum absolute atomic E-state index is 0.549. The van der Waals surface area contributed by atoms with Gasteiger partial charge in [0.25, 0.3) is 0 Å². The SMILES string of the molecule is CN1CCC(CN(C)c2ccc(C#N)c(N)c2)C1. The molecule has 0 aliphatic carbocycles. The zero-order valence-electron chi connectivity index (χ0n) is 11.1. The van der Waals surface area contributed by atoms with Crippen LogP contribution in [0.25, 0.3) is 0 Å². The molecule has 4 nitrogen and oxygen atoms in total. The van der Waals surface area contributed by atoms with Gasteiger partial charge in [-0.15, -0.1) is 0 Å². The lowest BCUT2D eigenvalue weighted by Crippen LogP contribution is -2.27. The Kier molecular flexibility index (Phi) is 3.73. The second-order valence-corrected chi connectivity index (χ2v) is 5.18. The van der Waals surface area contributed by atoms with Crippen molar-refractivity contribution in [3.63, 3.8) is 0 Å². The first-order chi connectivity index (χ1) is 8.60. The topological polar surface area (TPSA) is 56.3 Å². The summed E-state index contributed by atoms with van der Waals surface area (Å²) in [6.07, 6.45) is 1.26. The Morgan fingerprint density at radius 2 is 2.33 bits per heavy atom. The third-order valence-electron chi connectivity index (χ3n) is 3.62. The predicted octanol–water partition coefficient (Wildman–Crippen LogP) is 1.53. The summed E-state index contributed by atoms with van der Waals surface area (Å²) in [7, 11) is 4.25. The molecule has 1 aliphatic rings. The molecule has 4 heteroatoms. The molecule has 1 aliphatic heterocycles. The van der Waals surface area contributed by atoms with Crippen LogP contribution in [0.3, 0.4) is 0 Å². The minimum atomic E-state index is 0.549. The van der Waals surface area contributed by atoms with Gasteiger partial charge in [-0.05, 0) is 44.1 Å². The van der Waals surface area contributed by atoms with Crippen LogP contribution in [0.4, 0.5) is 11.4 Å². The second-order valence-electron chi connectivity index (χ2n) is 5.18. The van der Waals surface area contributed by atoms with E-state index in [1.165, 1.54) is 13.0 Å². The van der Waals surface area contributed by atoms with Crippen molar-refractivity contribution in [3.05, 3.63) is 23.8 Å². The van der Waals surface area contributed by atoms with Crippen molar-refractivity contribution in [2.45, 2.75) is 6.42 Å². The van der Waals surface area contributed by atoms with E-state index in [0.717, 1.165) is 24.7 Å². The molecule has 0 amide bonds. The molecule has 2 N–H and O–H groups in total. The van der Waals surface area contributed by atoms with E-state index in [9.17, 15) is 0 Å². The van der Waals surface area contributed by atoms with Gasteiger partial charge in [-0.25, -0.2) is 0 Å². The standard InChI is InChI=1S/C14H20N4/c1-17-6-5-11(9-17)10-18(2)13-4-3-12(8-15)14(16)7-13/h3-4,7,11H,5-6,9-10,16H2,1-2H3. The summed E-state index contributed by atoms with van der Waals surface area (Å²) in [5.74, 6) is 0.719. The van der Waals surface area contributed by atoms with E-state index in [1.807, 2.05) is 12.1 Å². The van der Waals surface area contributed by atoms with Gasteiger partial charge >= 0.3 is 0 Å². The fourth-order valence-corrected chi connectivity index (χ4v) is 2.56. The van der Waals surface area contributed by atoms with Gasteiger partial charge in [-0.3, -0.25) is 0 Å². The lowest BCUT2D eigenvalue weighted by Gasteiger charge is -2.23. The molecule has 1 saturated heterocycles. The van der Waals surface area contributed by atoms with Crippen molar-refractivity contribution in [3.8, 4) is 6.07 Å². The molecule has 0 bridgehead atoms. The first-order valence-corrected chi connectivity index (χ1v) is 6.29. The Labute approximate surface area is 109 Å². The summed E-state index contributed by atoms with van der Waals surface area (Å²) in [6, 6.07) is 7.74. The Bertz CT molecular complexity index is 463. The Hall–Kier alpha value is -1.73. The lowest BCUT2D eigenvalue weighted by atomic mass is 10.1. The molecule has 1 atom stereocenters. The summed E-state index contributed by atoms with van der Waals surface area (Å²) >= 11 is 0. The molecule has 1 fully saturated rings. The Morgan fingerprint density at radius 1 is 1.56 bits per heavy atom. The van der Waals surface area contributed by atoms with Gasteiger partial charge in [0.2, 0.25) is 0 Å². The Balaban J connectivity index is 2.03.